The molecule has 0 atom stereocenters. The standard InChI is InChI=1S/C14H13ClN2O2/c15-12-8-4-5-9-13(12)17-14(18)16-10-19-11-6-2-1-3-7-11/h1-9H,10H2,(H2,16,17,18). The van der Waals surface area contributed by atoms with Crippen LogP contribution in [0.15, 0.2) is 54.6 Å². The summed E-state index contributed by atoms with van der Waals surface area (Å²) in [4.78, 5) is 11.6. The Kier molecular flexibility index (Phi) is 4.64. The van der Waals surface area contributed by atoms with Crippen LogP contribution < -0.4 is 15.4 Å². The summed E-state index contributed by atoms with van der Waals surface area (Å²) < 4.78 is 5.34. The number of halogens is 1. The summed E-state index contributed by atoms with van der Waals surface area (Å²) in [6, 6.07) is 15.9. The van der Waals surface area contributed by atoms with Crippen LogP contribution in [0.1, 0.15) is 0 Å². The van der Waals surface area contributed by atoms with E-state index in [-0.39, 0.29) is 12.8 Å². The molecule has 4 nitrogen and oxygen atoms in total. The minimum absolute atomic E-state index is 0.0836. The van der Waals surface area contributed by atoms with Gasteiger partial charge in [-0.2, -0.15) is 0 Å². The topological polar surface area (TPSA) is 50.4 Å². The van der Waals surface area contributed by atoms with Gasteiger partial charge in [0.25, 0.3) is 0 Å². The van der Waals surface area contributed by atoms with Crippen molar-refractivity contribution in [2.75, 3.05) is 12.0 Å². The van der Waals surface area contributed by atoms with Gasteiger partial charge in [-0.1, -0.05) is 41.9 Å². The maximum atomic E-state index is 11.6. The molecule has 0 fully saturated rings. The van der Waals surface area contributed by atoms with Gasteiger partial charge in [0, 0.05) is 0 Å². The first-order valence-corrected chi connectivity index (χ1v) is 6.11. The summed E-state index contributed by atoms with van der Waals surface area (Å²) in [5, 5.41) is 5.70. The van der Waals surface area contributed by atoms with Crippen molar-refractivity contribution in [2.45, 2.75) is 0 Å². The number of carbonyl (C=O) groups is 1. The minimum atomic E-state index is -0.371. The Bertz CT molecular complexity index is 546. The quantitative estimate of drug-likeness (QED) is 0.840. The number of para-hydroxylation sites is 2. The van der Waals surface area contributed by atoms with Crippen molar-refractivity contribution >= 4 is 23.3 Å². The molecule has 0 saturated carbocycles. The highest BCUT2D eigenvalue weighted by Crippen LogP contribution is 2.19. The van der Waals surface area contributed by atoms with Gasteiger partial charge in [0.2, 0.25) is 0 Å². The molecule has 2 N–H and O–H groups in total. The molecular weight excluding hydrogens is 264 g/mol. The zero-order valence-electron chi connectivity index (χ0n) is 10.1. The van der Waals surface area contributed by atoms with Crippen molar-refractivity contribution in [3.63, 3.8) is 0 Å². The third-order valence-electron chi connectivity index (χ3n) is 2.34. The van der Waals surface area contributed by atoms with E-state index in [1.807, 2.05) is 30.3 Å². The number of hydrogen-bond acceptors (Lipinski definition) is 2. The van der Waals surface area contributed by atoms with Crippen LogP contribution >= 0.6 is 11.6 Å². The monoisotopic (exact) mass is 276 g/mol. The van der Waals surface area contributed by atoms with E-state index in [1.54, 1.807) is 24.3 Å². The fraction of sp³-hybridized carbons (Fsp3) is 0.0714. The molecule has 0 unspecified atom stereocenters. The molecule has 0 saturated heterocycles. The summed E-state index contributed by atoms with van der Waals surface area (Å²) in [6.07, 6.45) is 0. The Morgan fingerprint density at radius 2 is 1.74 bits per heavy atom. The highest BCUT2D eigenvalue weighted by molar-refractivity contribution is 6.33. The number of hydrogen-bond donors (Lipinski definition) is 2. The zero-order valence-corrected chi connectivity index (χ0v) is 10.9. The largest absolute Gasteiger partial charge is 0.473 e. The van der Waals surface area contributed by atoms with Crippen molar-refractivity contribution in [3.8, 4) is 5.75 Å². The number of urea groups is 1. The number of amides is 2. The van der Waals surface area contributed by atoms with E-state index < -0.39 is 0 Å². The first-order chi connectivity index (χ1) is 9.25. The number of rotatable bonds is 4. The zero-order chi connectivity index (χ0) is 13.5. The summed E-state index contributed by atoms with van der Waals surface area (Å²) in [7, 11) is 0. The van der Waals surface area contributed by atoms with E-state index in [2.05, 4.69) is 10.6 Å². The van der Waals surface area contributed by atoms with Crippen LogP contribution in [0.25, 0.3) is 0 Å². The maximum Gasteiger partial charge on any atom is 0.321 e. The molecule has 0 aliphatic heterocycles. The van der Waals surface area contributed by atoms with Gasteiger partial charge in [-0.15, -0.1) is 0 Å². The van der Waals surface area contributed by atoms with Crippen molar-refractivity contribution in [2.24, 2.45) is 0 Å². The molecule has 0 aliphatic carbocycles. The van der Waals surface area contributed by atoms with E-state index in [0.29, 0.717) is 16.5 Å². The number of anilines is 1. The summed E-state index contributed by atoms with van der Waals surface area (Å²) in [6.45, 7) is 0.0836. The molecule has 2 amide bonds. The molecule has 0 heterocycles. The third-order valence-corrected chi connectivity index (χ3v) is 2.67. The molecule has 0 aromatic heterocycles. The smallest absolute Gasteiger partial charge is 0.321 e. The number of benzene rings is 2. The summed E-state index contributed by atoms with van der Waals surface area (Å²) >= 11 is 5.92. The van der Waals surface area contributed by atoms with Gasteiger partial charge >= 0.3 is 6.03 Å². The van der Waals surface area contributed by atoms with Gasteiger partial charge in [-0.3, -0.25) is 0 Å². The van der Waals surface area contributed by atoms with Crippen LogP contribution in [0.4, 0.5) is 10.5 Å². The van der Waals surface area contributed by atoms with E-state index in [1.165, 1.54) is 0 Å². The molecule has 19 heavy (non-hydrogen) atoms. The van der Waals surface area contributed by atoms with E-state index in [0.717, 1.165) is 0 Å². The molecule has 5 heteroatoms. The molecule has 2 rings (SSSR count). The first-order valence-electron chi connectivity index (χ1n) is 5.73. The molecule has 0 aliphatic rings. The Morgan fingerprint density at radius 3 is 2.47 bits per heavy atom. The second kappa shape index (κ2) is 6.66. The Labute approximate surface area is 116 Å². The molecule has 0 radical (unpaired) electrons. The lowest BCUT2D eigenvalue weighted by Gasteiger charge is -2.10. The number of ether oxygens (including phenoxy) is 1. The lowest BCUT2D eigenvalue weighted by molar-refractivity contribution is 0.234. The Morgan fingerprint density at radius 1 is 1.05 bits per heavy atom. The van der Waals surface area contributed by atoms with Crippen LogP contribution in [0.3, 0.4) is 0 Å². The van der Waals surface area contributed by atoms with Gasteiger partial charge in [0.1, 0.15) is 5.75 Å². The summed E-state index contributed by atoms with van der Waals surface area (Å²) in [5.74, 6) is 0.695. The lowest BCUT2D eigenvalue weighted by atomic mass is 10.3. The van der Waals surface area contributed by atoms with Crippen LogP contribution in [-0.2, 0) is 0 Å². The molecule has 2 aromatic carbocycles. The number of carbonyl (C=O) groups excluding carboxylic acids is 1. The maximum absolute atomic E-state index is 11.6. The normalized spacial score (nSPS) is 9.74. The van der Waals surface area contributed by atoms with Gasteiger partial charge in [0.05, 0.1) is 10.7 Å². The second-order valence-corrected chi connectivity index (χ2v) is 4.12. The van der Waals surface area contributed by atoms with E-state index in [4.69, 9.17) is 16.3 Å². The van der Waals surface area contributed by atoms with Crippen LogP contribution in [0, 0.1) is 0 Å². The van der Waals surface area contributed by atoms with Crippen LogP contribution in [-0.4, -0.2) is 12.8 Å². The molecule has 2 aromatic rings. The van der Waals surface area contributed by atoms with Crippen molar-refractivity contribution in [3.05, 3.63) is 59.6 Å². The molecule has 0 bridgehead atoms. The average molecular weight is 277 g/mol. The van der Waals surface area contributed by atoms with Gasteiger partial charge < -0.3 is 15.4 Å². The predicted molar refractivity (Wildman–Crippen MR) is 75.5 cm³/mol. The predicted octanol–water partition coefficient (Wildman–Crippen LogP) is 3.50. The van der Waals surface area contributed by atoms with Crippen molar-refractivity contribution in [1.82, 2.24) is 5.32 Å². The van der Waals surface area contributed by atoms with Gasteiger partial charge in [-0.25, -0.2) is 4.79 Å². The SMILES string of the molecule is O=C(NCOc1ccccc1)Nc1ccccc1Cl. The van der Waals surface area contributed by atoms with Gasteiger partial charge in [-0.05, 0) is 24.3 Å². The van der Waals surface area contributed by atoms with Gasteiger partial charge in [0.15, 0.2) is 6.73 Å². The van der Waals surface area contributed by atoms with E-state index in [9.17, 15) is 4.79 Å². The first kappa shape index (κ1) is 13.2. The molecular formula is C14H13ClN2O2. The third kappa shape index (κ3) is 4.19. The average Bonchev–Trinajstić information content (AvgIpc) is 2.43. The lowest BCUT2D eigenvalue weighted by Crippen LogP contribution is -2.32. The van der Waals surface area contributed by atoms with Crippen molar-refractivity contribution in [1.29, 1.82) is 0 Å². The van der Waals surface area contributed by atoms with Crippen LogP contribution in [0.2, 0.25) is 5.02 Å². The molecule has 98 valence electrons. The fourth-order valence-electron chi connectivity index (χ4n) is 1.43. The highest BCUT2D eigenvalue weighted by Gasteiger charge is 2.04. The summed E-state index contributed by atoms with van der Waals surface area (Å²) in [5.41, 5.74) is 0.557. The molecule has 0 spiro atoms. The second-order valence-electron chi connectivity index (χ2n) is 3.71. The highest BCUT2D eigenvalue weighted by atomic mass is 35.5. The fourth-order valence-corrected chi connectivity index (χ4v) is 1.61. The Balaban J connectivity index is 1.78. The van der Waals surface area contributed by atoms with Crippen molar-refractivity contribution < 1.29 is 9.53 Å². The van der Waals surface area contributed by atoms with E-state index >= 15 is 0 Å². The number of nitrogens with one attached hydrogen (secondary N) is 2. The Hall–Kier alpha value is -2.20. The van der Waals surface area contributed by atoms with Crippen LogP contribution in [0.5, 0.6) is 5.75 Å². The minimum Gasteiger partial charge on any atom is -0.473 e.